The van der Waals surface area contributed by atoms with Crippen molar-refractivity contribution in [1.29, 1.82) is 0 Å². The van der Waals surface area contributed by atoms with Crippen LogP contribution in [0.1, 0.15) is 13.3 Å². The molecule has 10 nitrogen and oxygen atoms in total. The van der Waals surface area contributed by atoms with Crippen LogP contribution in [0.3, 0.4) is 0 Å². The number of nitrogens with one attached hydrogen (secondary N) is 1. The van der Waals surface area contributed by atoms with Gasteiger partial charge in [0.1, 0.15) is 0 Å². The number of halogens is 3. The van der Waals surface area contributed by atoms with Gasteiger partial charge in [0.05, 0.1) is 6.20 Å². The number of rotatable bonds is 4. The fourth-order valence-corrected chi connectivity index (χ4v) is 2.99. The lowest BCUT2D eigenvalue weighted by atomic mass is 10.4. The molecule has 1 aliphatic heterocycles. The van der Waals surface area contributed by atoms with Crippen molar-refractivity contribution in [2.75, 3.05) is 31.1 Å². The summed E-state index contributed by atoms with van der Waals surface area (Å²) in [5, 5.41) is 3.15. The Morgan fingerprint density at radius 3 is 2.59 bits per heavy atom. The van der Waals surface area contributed by atoms with Crippen LogP contribution in [-0.2, 0) is 11.8 Å². The van der Waals surface area contributed by atoms with Crippen molar-refractivity contribution in [3.8, 4) is 11.8 Å². The van der Waals surface area contributed by atoms with E-state index in [1.54, 1.807) is 17.9 Å². The molecule has 13 heteroatoms. The molecular formula is C19H19F3N6O4. The number of carbonyl (C=O) groups is 1. The molecule has 2 aromatic heterocycles. The van der Waals surface area contributed by atoms with E-state index in [1.807, 2.05) is 0 Å². The Labute approximate surface area is 179 Å². The Kier molecular flexibility index (Phi) is 6.57. The van der Waals surface area contributed by atoms with Crippen LogP contribution < -0.4 is 26.3 Å². The van der Waals surface area contributed by atoms with Crippen LogP contribution >= 0.6 is 0 Å². The third-order valence-corrected chi connectivity index (χ3v) is 4.54. The van der Waals surface area contributed by atoms with Crippen LogP contribution in [0.4, 0.5) is 19.1 Å². The molecule has 1 N–H and O–H groups in total. The van der Waals surface area contributed by atoms with Crippen molar-refractivity contribution >= 4 is 29.3 Å². The number of allylic oxidation sites excluding steroid dienone is 1. The molecule has 1 saturated heterocycles. The molecule has 0 atom stereocenters. The minimum atomic E-state index is -5.35. The van der Waals surface area contributed by atoms with E-state index < -0.39 is 29.0 Å². The highest BCUT2D eigenvalue weighted by molar-refractivity contribution is 5.80. The van der Waals surface area contributed by atoms with Gasteiger partial charge in [-0.05, 0) is 13.0 Å². The van der Waals surface area contributed by atoms with Crippen molar-refractivity contribution in [2.24, 2.45) is 7.05 Å². The zero-order valence-electron chi connectivity index (χ0n) is 17.2. The van der Waals surface area contributed by atoms with Crippen LogP contribution in [0, 0.1) is 11.8 Å². The highest BCUT2D eigenvalue weighted by Crippen LogP contribution is 2.21. The predicted octanol–water partition coefficient (Wildman–Crippen LogP) is -0.137. The smallest absolute Gasteiger partial charge is 0.339 e. The number of piperazine rings is 1. The van der Waals surface area contributed by atoms with Crippen molar-refractivity contribution in [1.82, 2.24) is 24.2 Å². The summed E-state index contributed by atoms with van der Waals surface area (Å²) in [5.41, 5.74) is -0.0369. The summed E-state index contributed by atoms with van der Waals surface area (Å²) in [6.45, 7) is 3.84. The summed E-state index contributed by atoms with van der Waals surface area (Å²) in [6, 6.07) is 0. The SMILES string of the molecule is CC#CCC=C=Cn1c(N2CCNCC2)nc2c1c(=O)n(C)c(=O)n2OC(=O)C(F)(F)F. The molecular weight excluding hydrogens is 433 g/mol. The lowest BCUT2D eigenvalue weighted by Crippen LogP contribution is -2.45. The lowest BCUT2D eigenvalue weighted by molar-refractivity contribution is -0.200. The van der Waals surface area contributed by atoms with Crippen molar-refractivity contribution in [3.05, 3.63) is 32.6 Å². The maximum atomic E-state index is 12.9. The van der Waals surface area contributed by atoms with Gasteiger partial charge in [-0.15, -0.1) is 11.7 Å². The predicted molar refractivity (Wildman–Crippen MR) is 109 cm³/mol. The Morgan fingerprint density at radius 1 is 1.28 bits per heavy atom. The van der Waals surface area contributed by atoms with E-state index in [2.05, 4.69) is 32.7 Å². The standard InChI is InChI=1S/C19H19F3N6O4/c1-3-4-5-6-7-10-27-13-14(24-17(27)26-11-8-23-9-12-26)28(18(31)25(2)15(13)29)32-16(30)19(20,21)22/h6,10,23H,5,8-9,11-12H2,1-2H3. The maximum absolute atomic E-state index is 12.9. The second kappa shape index (κ2) is 9.17. The van der Waals surface area contributed by atoms with Gasteiger partial charge in [-0.1, -0.05) is 10.7 Å². The van der Waals surface area contributed by atoms with Gasteiger partial charge in [0.2, 0.25) is 11.6 Å². The number of nitrogens with zero attached hydrogens (tertiary/aromatic N) is 5. The molecule has 0 radical (unpaired) electrons. The van der Waals surface area contributed by atoms with Crippen LogP contribution in [-0.4, -0.2) is 57.2 Å². The summed E-state index contributed by atoms with van der Waals surface area (Å²) < 4.78 is 40.2. The first-order valence-electron chi connectivity index (χ1n) is 9.46. The second-order valence-corrected chi connectivity index (χ2v) is 6.64. The number of hydrogen-bond acceptors (Lipinski definition) is 7. The van der Waals surface area contributed by atoms with Gasteiger partial charge >= 0.3 is 17.8 Å². The molecule has 0 amide bonds. The molecule has 32 heavy (non-hydrogen) atoms. The van der Waals surface area contributed by atoms with Gasteiger partial charge in [0, 0.05) is 39.6 Å². The number of aromatic nitrogens is 4. The first kappa shape index (κ1) is 22.9. The highest BCUT2D eigenvalue weighted by atomic mass is 19.4. The zero-order chi connectivity index (χ0) is 23.5. The minimum Gasteiger partial charge on any atom is -0.339 e. The van der Waals surface area contributed by atoms with Crippen LogP contribution in [0.2, 0.25) is 0 Å². The zero-order valence-corrected chi connectivity index (χ0v) is 17.2. The Balaban J connectivity index is 2.29. The first-order chi connectivity index (χ1) is 15.2. The average Bonchev–Trinajstić information content (AvgIpc) is 3.14. The maximum Gasteiger partial charge on any atom is 0.493 e. The Hall–Kier alpha value is -3.75. The second-order valence-electron chi connectivity index (χ2n) is 6.64. The highest BCUT2D eigenvalue weighted by Gasteiger charge is 2.43. The topological polar surface area (TPSA) is 103 Å². The molecule has 3 heterocycles. The molecule has 3 rings (SSSR count). The van der Waals surface area contributed by atoms with E-state index in [-0.39, 0.29) is 16.2 Å². The first-order valence-corrected chi connectivity index (χ1v) is 9.46. The summed E-state index contributed by atoms with van der Waals surface area (Å²) in [5.74, 6) is 3.09. The molecule has 0 aliphatic carbocycles. The van der Waals surface area contributed by atoms with E-state index in [0.717, 1.165) is 7.05 Å². The Bertz CT molecular complexity index is 1280. The van der Waals surface area contributed by atoms with Gasteiger partial charge in [-0.2, -0.15) is 18.2 Å². The minimum absolute atomic E-state index is 0.0782. The van der Waals surface area contributed by atoms with Crippen molar-refractivity contribution < 1.29 is 22.8 Å². The van der Waals surface area contributed by atoms with Gasteiger partial charge in [0.25, 0.3) is 5.56 Å². The number of anilines is 1. The monoisotopic (exact) mass is 452 g/mol. The average molecular weight is 452 g/mol. The molecule has 1 fully saturated rings. The van der Waals surface area contributed by atoms with Crippen molar-refractivity contribution in [2.45, 2.75) is 19.5 Å². The number of fused-ring (bicyclic) bond motifs is 1. The molecule has 0 aromatic carbocycles. The van der Waals surface area contributed by atoms with E-state index in [4.69, 9.17) is 0 Å². The number of alkyl halides is 3. The largest absolute Gasteiger partial charge is 0.493 e. The molecule has 0 unspecified atom stereocenters. The summed E-state index contributed by atoms with van der Waals surface area (Å²) in [7, 11) is 1.06. The lowest BCUT2D eigenvalue weighted by Gasteiger charge is -2.27. The van der Waals surface area contributed by atoms with Crippen LogP contribution in [0.15, 0.2) is 21.4 Å². The van der Waals surface area contributed by atoms with Crippen LogP contribution in [0.5, 0.6) is 0 Å². The van der Waals surface area contributed by atoms with Gasteiger partial charge in [0.15, 0.2) is 5.52 Å². The van der Waals surface area contributed by atoms with E-state index >= 15 is 0 Å². The third-order valence-electron chi connectivity index (χ3n) is 4.54. The normalized spacial score (nSPS) is 13.8. The van der Waals surface area contributed by atoms with Crippen LogP contribution in [0.25, 0.3) is 17.4 Å². The third kappa shape index (κ3) is 4.46. The number of carbonyl (C=O) groups excluding carboxylic acids is 1. The summed E-state index contributed by atoms with van der Waals surface area (Å²) in [6.07, 6.45) is -2.01. The molecule has 0 spiro atoms. The quantitative estimate of drug-likeness (QED) is 0.509. The molecule has 0 saturated carbocycles. The van der Waals surface area contributed by atoms with Gasteiger partial charge < -0.3 is 15.1 Å². The molecule has 0 bridgehead atoms. The van der Waals surface area contributed by atoms with Gasteiger partial charge in [-0.3, -0.25) is 13.9 Å². The number of hydrogen-bond donors (Lipinski definition) is 1. The van der Waals surface area contributed by atoms with E-state index in [0.29, 0.717) is 37.2 Å². The van der Waals surface area contributed by atoms with E-state index in [1.165, 1.54) is 10.8 Å². The molecule has 1 aliphatic rings. The fraction of sp³-hybridized carbons (Fsp3) is 0.421. The summed E-state index contributed by atoms with van der Waals surface area (Å²) in [4.78, 5) is 47.0. The van der Waals surface area contributed by atoms with Gasteiger partial charge in [-0.25, -0.2) is 9.59 Å². The number of imidazole rings is 1. The fourth-order valence-electron chi connectivity index (χ4n) is 2.99. The summed E-state index contributed by atoms with van der Waals surface area (Å²) >= 11 is 0. The molecule has 170 valence electrons. The van der Waals surface area contributed by atoms with Crippen molar-refractivity contribution in [3.63, 3.8) is 0 Å². The van der Waals surface area contributed by atoms with E-state index in [9.17, 15) is 27.6 Å². The molecule has 2 aromatic rings. The Morgan fingerprint density at radius 2 is 1.97 bits per heavy atom.